The molecule has 0 aromatic heterocycles. The predicted octanol–water partition coefficient (Wildman–Crippen LogP) is 1.64. The standard InChI is InChI=1S/C12H15NO3/c1-8(2)13-12(16)6-4-9-3-5-10(14)11(15)7-9/h3-8,14-15H,1-2H3,(H,13,16)/b6-4+. The lowest BCUT2D eigenvalue weighted by Gasteiger charge is -2.04. The minimum Gasteiger partial charge on any atom is -0.504 e. The van der Waals surface area contributed by atoms with E-state index in [0.717, 1.165) is 0 Å². The average molecular weight is 221 g/mol. The number of nitrogens with one attached hydrogen (secondary N) is 1. The van der Waals surface area contributed by atoms with E-state index >= 15 is 0 Å². The largest absolute Gasteiger partial charge is 0.504 e. The molecule has 0 saturated heterocycles. The van der Waals surface area contributed by atoms with Crippen molar-refractivity contribution in [2.75, 3.05) is 0 Å². The topological polar surface area (TPSA) is 69.6 Å². The molecule has 86 valence electrons. The second-order valence-electron chi connectivity index (χ2n) is 3.74. The van der Waals surface area contributed by atoms with E-state index < -0.39 is 0 Å². The summed E-state index contributed by atoms with van der Waals surface area (Å²) >= 11 is 0. The van der Waals surface area contributed by atoms with Gasteiger partial charge in [-0.2, -0.15) is 0 Å². The zero-order chi connectivity index (χ0) is 12.1. The molecule has 1 aromatic rings. The molecule has 0 saturated carbocycles. The van der Waals surface area contributed by atoms with Gasteiger partial charge in [-0.3, -0.25) is 4.79 Å². The van der Waals surface area contributed by atoms with Gasteiger partial charge in [0.2, 0.25) is 5.91 Å². The number of carbonyl (C=O) groups is 1. The van der Waals surface area contributed by atoms with Gasteiger partial charge in [0.05, 0.1) is 0 Å². The first-order valence-electron chi connectivity index (χ1n) is 4.99. The van der Waals surface area contributed by atoms with E-state index in [1.54, 1.807) is 12.1 Å². The number of rotatable bonds is 3. The first kappa shape index (κ1) is 12.1. The highest BCUT2D eigenvalue weighted by molar-refractivity contribution is 5.91. The van der Waals surface area contributed by atoms with Gasteiger partial charge in [-0.15, -0.1) is 0 Å². The van der Waals surface area contributed by atoms with Crippen LogP contribution in [0.2, 0.25) is 0 Å². The molecule has 0 spiro atoms. The summed E-state index contributed by atoms with van der Waals surface area (Å²) in [6.07, 6.45) is 2.95. The second kappa shape index (κ2) is 5.21. The molecule has 4 nitrogen and oxygen atoms in total. The molecule has 1 aromatic carbocycles. The van der Waals surface area contributed by atoms with E-state index in [2.05, 4.69) is 5.32 Å². The van der Waals surface area contributed by atoms with Gasteiger partial charge in [0.15, 0.2) is 11.5 Å². The predicted molar refractivity (Wildman–Crippen MR) is 62.1 cm³/mol. The van der Waals surface area contributed by atoms with Crippen LogP contribution >= 0.6 is 0 Å². The van der Waals surface area contributed by atoms with Gasteiger partial charge in [-0.05, 0) is 37.6 Å². The molecule has 0 bridgehead atoms. The van der Waals surface area contributed by atoms with Gasteiger partial charge >= 0.3 is 0 Å². The maximum absolute atomic E-state index is 11.3. The molecule has 0 radical (unpaired) electrons. The van der Waals surface area contributed by atoms with Crippen LogP contribution in [-0.4, -0.2) is 22.2 Å². The van der Waals surface area contributed by atoms with Crippen LogP contribution in [0.3, 0.4) is 0 Å². The summed E-state index contributed by atoms with van der Waals surface area (Å²) in [6, 6.07) is 4.45. The quantitative estimate of drug-likeness (QED) is 0.536. The Hall–Kier alpha value is -1.97. The Kier molecular flexibility index (Phi) is 3.94. The van der Waals surface area contributed by atoms with Gasteiger partial charge in [-0.1, -0.05) is 6.07 Å². The van der Waals surface area contributed by atoms with E-state index in [9.17, 15) is 9.90 Å². The zero-order valence-corrected chi connectivity index (χ0v) is 9.27. The second-order valence-corrected chi connectivity index (χ2v) is 3.74. The lowest BCUT2D eigenvalue weighted by molar-refractivity contribution is -0.116. The molecule has 0 atom stereocenters. The van der Waals surface area contributed by atoms with Crippen LogP contribution < -0.4 is 5.32 Å². The Morgan fingerprint density at radius 1 is 1.31 bits per heavy atom. The molecule has 0 unspecified atom stereocenters. The number of hydrogen-bond donors (Lipinski definition) is 3. The van der Waals surface area contributed by atoms with Gasteiger partial charge in [0.1, 0.15) is 0 Å². The van der Waals surface area contributed by atoms with Gasteiger partial charge in [0.25, 0.3) is 0 Å². The number of carbonyl (C=O) groups excluding carboxylic acids is 1. The summed E-state index contributed by atoms with van der Waals surface area (Å²) in [5.41, 5.74) is 0.647. The maximum atomic E-state index is 11.3. The summed E-state index contributed by atoms with van der Waals surface area (Å²) in [5.74, 6) is -0.572. The summed E-state index contributed by atoms with van der Waals surface area (Å²) in [4.78, 5) is 11.3. The minimum absolute atomic E-state index is 0.0883. The molecule has 1 rings (SSSR count). The highest BCUT2D eigenvalue weighted by Gasteiger charge is 2.00. The van der Waals surface area contributed by atoms with Crippen LogP contribution in [0, 0.1) is 0 Å². The number of hydrogen-bond acceptors (Lipinski definition) is 3. The van der Waals surface area contributed by atoms with Crippen LogP contribution in [0.25, 0.3) is 6.08 Å². The molecule has 16 heavy (non-hydrogen) atoms. The molecular formula is C12H15NO3. The molecule has 1 amide bonds. The first-order chi connectivity index (χ1) is 7.49. The van der Waals surface area contributed by atoms with Gasteiger partial charge in [-0.25, -0.2) is 0 Å². The Balaban J connectivity index is 2.69. The fourth-order valence-electron chi connectivity index (χ4n) is 1.15. The molecule has 3 N–H and O–H groups in total. The van der Waals surface area contributed by atoms with Crippen LogP contribution in [-0.2, 0) is 4.79 Å². The summed E-state index contributed by atoms with van der Waals surface area (Å²) < 4.78 is 0. The van der Waals surface area contributed by atoms with Crippen molar-refractivity contribution in [3.63, 3.8) is 0 Å². The van der Waals surface area contributed by atoms with Crippen molar-refractivity contribution < 1.29 is 15.0 Å². The van der Waals surface area contributed by atoms with Crippen LogP contribution in [0.4, 0.5) is 0 Å². The summed E-state index contributed by atoms with van der Waals surface area (Å²) in [7, 11) is 0. The first-order valence-corrected chi connectivity index (χ1v) is 4.99. The number of phenols is 2. The summed E-state index contributed by atoms with van der Waals surface area (Å²) in [6.45, 7) is 3.75. The fraction of sp³-hybridized carbons (Fsp3) is 0.250. The molecule has 4 heteroatoms. The number of phenolic OH excluding ortho intramolecular Hbond substituents is 2. The third kappa shape index (κ3) is 3.65. The number of amides is 1. The smallest absolute Gasteiger partial charge is 0.244 e. The van der Waals surface area contributed by atoms with Crippen LogP contribution in [0.1, 0.15) is 19.4 Å². The maximum Gasteiger partial charge on any atom is 0.244 e. The van der Waals surface area contributed by atoms with Crippen molar-refractivity contribution in [1.82, 2.24) is 5.32 Å². The van der Waals surface area contributed by atoms with E-state index in [1.807, 2.05) is 13.8 Å². The molecule has 0 aliphatic heterocycles. The highest BCUT2D eigenvalue weighted by atomic mass is 16.3. The van der Waals surface area contributed by atoms with Crippen molar-refractivity contribution >= 4 is 12.0 Å². The monoisotopic (exact) mass is 221 g/mol. The average Bonchev–Trinajstić information content (AvgIpc) is 2.19. The number of aromatic hydroxyl groups is 2. The van der Waals surface area contributed by atoms with Gasteiger partial charge < -0.3 is 15.5 Å². The zero-order valence-electron chi connectivity index (χ0n) is 9.27. The van der Waals surface area contributed by atoms with Crippen molar-refractivity contribution in [2.24, 2.45) is 0 Å². The minimum atomic E-state index is -0.202. The van der Waals surface area contributed by atoms with Crippen LogP contribution in [0.5, 0.6) is 11.5 Å². The Labute approximate surface area is 94.2 Å². The van der Waals surface area contributed by atoms with Crippen molar-refractivity contribution in [3.8, 4) is 11.5 Å². The summed E-state index contributed by atoms with van der Waals surface area (Å²) in [5, 5.41) is 21.0. The molecule has 0 fully saturated rings. The fourth-order valence-corrected chi connectivity index (χ4v) is 1.15. The highest BCUT2D eigenvalue weighted by Crippen LogP contribution is 2.25. The molecule has 0 heterocycles. The third-order valence-corrected chi connectivity index (χ3v) is 1.86. The van der Waals surface area contributed by atoms with E-state index in [4.69, 9.17) is 5.11 Å². The van der Waals surface area contributed by atoms with Crippen molar-refractivity contribution in [3.05, 3.63) is 29.8 Å². The Morgan fingerprint density at radius 3 is 2.56 bits per heavy atom. The molecule has 0 aliphatic carbocycles. The van der Waals surface area contributed by atoms with E-state index in [0.29, 0.717) is 5.56 Å². The number of benzene rings is 1. The van der Waals surface area contributed by atoms with E-state index in [1.165, 1.54) is 18.2 Å². The van der Waals surface area contributed by atoms with E-state index in [-0.39, 0.29) is 23.4 Å². The SMILES string of the molecule is CC(C)NC(=O)/C=C/c1ccc(O)c(O)c1. The lowest BCUT2D eigenvalue weighted by Crippen LogP contribution is -2.28. The van der Waals surface area contributed by atoms with Crippen LogP contribution in [0.15, 0.2) is 24.3 Å². The van der Waals surface area contributed by atoms with Gasteiger partial charge in [0, 0.05) is 12.1 Å². The lowest BCUT2D eigenvalue weighted by atomic mass is 10.2. The normalized spacial score (nSPS) is 10.9. The Bertz CT molecular complexity index is 411. The molecule has 0 aliphatic rings. The van der Waals surface area contributed by atoms with Crippen molar-refractivity contribution in [1.29, 1.82) is 0 Å². The van der Waals surface area contributed by atoms with Crippen molar-refractivity contribution in [2.45, 2.75) is 19.9 Å². The molecular weight excluding hydrogens is 206 g/mol. The Morgan fingerprint density at radius 2 is 2.00 bits per heavy atom. The third-order valence-electron chi connectivity index (χ3n) is 1.86.